The van der Waals surface area contributed by atoms with Crippen LogP contribution in [0.1, 0.15) is 19.1 Å². The number of hydrogen-bond donors (Lipinski definition) is 3. The molecule has 1 aliphatic heterocycles. The molecule has 19 heavy (non-hydrogen) atoms. The Kier molecular flexibility index (Phi) is 4.02. The van der Waals surface area contributed by atoms with E-state index in [1.165, 1.54) is 16.8 Å². The molecule has 1 fully saturated rings. The van der Waals surface area contributed by atoms with Crippen LogP contribution in [0.25, 0.3) is 0 Å². The molecule has 1 aromatic rings. The van der Waals surface area contributed by atoms with Crippen LogP contribution in [0, 0.1) is 0 Å². The molecule has 0 radical (unpaired) electrons. The topological polar surface area (TPSA) is 137 Å². The molecule has 0 bridgehead atoms. The van der Waals surface area contributed by atoms with Crippen LogP contribution in [-0.4, -0.2) is 32.0 Å². The summed E-state index contributed by atoms with van der Waals surface area (Å²) in [6.07, 6.45) is 1.54. The van der Waals surface area contributed by atoms with Gasteiger partial charge in [-0.25, -0.2) is 9.36 Å². The van der Waals surface area contributed by atoms with Crippen molar-refractivity contribution in [2.75, 3.05) is 12.3 Å². The van der Waals surface area contributed by atoms with E-state index in [0.717, 1.165) is 0 Å². The third-order valence-corrected chi connectivity index (χ3v) is 3.16. The maximum absolute atomic E-state index is 11.6. The van der Waals surface area contributed by atoms with Crippen molar-refractivity contribution in [1.29, 1.82) is 0 Å². The first-order chi connectivity index (χ1) is 8.85. The van der Waals surface area contributed by atoms with Gasteiger partial charge in [-0.3, -0.25) is 9.09 Å². The molecule has 9 nitrogen and oxygen atoms in total. The number of nitrogens with two attached hydrogens (primary N) is 1. The highest BCUT2D eigenvalue weighted by atomic mass is 31.2. The van der Waals surface area contributed by atoms with Crippen molar-refractivity contribution in [3.05, 3.63) is 22.7 Å². The van der Waals surface area contributed by atoms with E-state index < -0.39 is 25.8 Å². The van der Waals surface area contributed by atoms with Crippen LogP contribution in [0.2, 0.25) is 0 Å². The van der Waals surface area contributed by atoms with Gasteiger partial charge in [0.05, 0.1) is 12.7 Å². The lowest BCUT2D eigenvalue weighted by Gasteiger charge is -2.15. The Hall–Kier alpha value is -1.25. The normalized spacial score (nSPS) is 23.7. The minimum absolute atomic E-state index is 0.126. The Morgan fingerprint density at radius 1 is 1.58 bits per heavy atom. The fourth-order valence-corrected chi connectivity index (χ4v) is 2.20. The third-order valence-electron chi connectivity index (χ3n) is 2.68. The Bertz CT molecular complexity index is 555. The van der Waals surface area contributed by atoms with Gasteiger partial charge in [0.15, 0.2) is 0 Å². The molecule has 2 rings (SSSR count). The summed E-state index contributed by atoms with van der Waals surface area (Å²) in [5.74, 6) is 0.126. The summed E-state index contributed by atoms with van der Waals surface area (Å²) in [4.78, 5) is 32.3. The van der Waals surface area contributed by atoms with Crippen molar-refractivity contribution < 1.29 is 23.6 Å². The van der Waals surface area contributed by atoms with Crippen LogP contribution in [0.4, 0.5) is 5.82 Å². The molecule has 106 valence electrons. The fourth-order valence-electron chi connectivity index (χ4n) is 1.84. The van der Waals surface area contributed by atoms with Crippen molar-refractivity contribution in [1.82, 2.24) is 9.55 Å². The number of phosphoric acid groups is 1. The van der Waals surface area contributed by atoms with Gasteiger partial charge in [0.2, 0.25) is 0 Å². The maximum Gasteiger partial charge on any atom is 0.469 e. The molecule has 1 aliphatic rings. The molecule has 1 unspecified atom stereocenters. The fraction of sp³-hybridized carbons (Fsp3) is 0.556. The van der Waals surface area contributed by atoms with Gasteiger partial charge >= 0.3 is 13.5 Å². The molecule has 4 N–H and O–H groups in total. The molecule has 2 heterocycles. The number of aromatic nitrogens is 2. The second kappa shape index (κ2) is 5.40. The van der Waals surface area contributed by atoms with Gasteiger partial charge in [-0.05, 0) is 18.9 Å². The van der Waals surface area contributed by atoms with E-state index in [4.69, 9.17) is 20.3 Å². The Morgan fingerprint density at radius 2 is 2.32 bits per heavy atom. The summed E-state index contributed by atoms with van der Waals surface area (Å²) in [5.41, 5.74) is 4.85. The quantitative estimate of drug-likeness (QED) is 0.638. The van der Waals surface area contributed by atoms with Crippen molar-refractivity contribution >= 4 is 13.6 Å². The van der Waals surface area contributed by atoms with Crippen LogP contribution < -0.4 is 11.4 Å². The van der Waals surface area contributed by atoms with Crippen LogP contribution in [0.5, 0.6) is 0 Å². The first kappa shape index (κ1) is 14.2. The average Bonchev–Trinajstić information content (AvgIpc) is 2.74. The minimum atomic E-state index is -4.50. The van der Waals surface area contributed by atoms with Gasteiger partial charge in [-0.2, -0.15) is 4.98 Å². The molecule has 1 aromatic heterocycles. The molecular formula is C9H14N3O6P. The highest BCUT2D eigenvalue weighted by molar-refractivity contribution is 7.46. The van der Waals surface area contributed by atoms with Gasteiger partial charge in [0, 0.05) is 6.20 Å². The number of rotatable bonds is 4. The average molecular weight is 291 g/mol. The highest BCUT2D eigenvalue weighted by Crippen LogP contribution is 2.37. The zero-order valence-corrected chi connectivity index (χ0v) is 10.8. The number of hydrogen-bond acceptors (Lipinski definition) is 6. The van der Waals surface area contributed by atoms with E-state index in [-0.39, 0.29) is 12.4 Å². The first-order valence-corrected chi connectivity index (χ1v) is 7.08. The van der Waals surface area contributed by atoms with Crippen molar-refractivity contribution in [2.24, 2.45) is 0 Å². The number of nitrogen functional groups attached to an aromatic ring is 1. The Labute approximate surface area is 108 Å². The second-order valence-electron chi connectivity index (χ2n) is 4.12. The molecule has 1 saturated heterocycles. The highest BCUT2D eigenvalue weighted by Gasteiger charge is 2.29. The summed E-state index contributed by atoms with van der Waals surface area (Å²) in [5, 5.41) is 0. The van der Waals surface area contributed by atoms with Gasteiger partial charge in [-0.15, -0.1) is 0 Å². The van der Waals surface area contributed by atoms with E-state index in [1.54, 1.807) is 0 Å². The van der Waals surface area contributed by atoms with E-state index >= 15 is 0 Å². The Balaban J connectivity index is 1.98. The van der Waals surface area contributed by atoms with Crippen LogP contribution in [0.3, 0.4) is 0 Å². The largest absolute Gasteiger partial charge is 0.469 e. The lowest BCUT2D eigenvalue weighted by Crippen LogP contribution is -2.27. The first-order valence-electron chi connectivity index (χ1n) is 5.55. The van der Waals surface area contributed by atoms with Crippen molar-refractivity contribution in [2.45, 2.75) is 25.2 Å². The monoisotopic (exact) mass is 291 g/mol. The summed E-state index contributed by atoms with van der Waals surface area (Å²) >= 11 is 0. The maximum atomic E-state index is 11.6. The van der Waals surface area contributed by atoms with E-state index in [0.29, 0.717) is 12.8 Å². The number of anilines is 1. The molecule has 0 aromatic carbocycles. The number of ether oxygens (including phenoxy) is 1. The minimum Gasteiger partial charge on any atom is -0.383 e. The van der Waals surface area contributed by atoms with Crippen molar-refractivity contribution in [3.63, 3.8) is 0 Å². The standard InChI is InChI=1S/C9H14N3O6P/c10-7-3-4-12(9(13)11-7)8-2-1-6(18-8)5-17-19(14,15)16/h3-4,6,8H,1-2,5H2,(H2,10,11,13)(H2,14,15,16)/t6-,8?/m0/s1. The molecule has 0 spiro atoms. The summed E-state index contributed by atoms with van der Waals surface area (Å²) in [7, 11) is -4.50. The summed E-state index contributed by atoms with van der Waals surface area (Å²) in [6.45, 7) is -0.224. The molecular weight excluding hydrogens is 277 g/mol. The predicted molar refractivity (Wildman–Crippen MR) is 64.0 cm³/mol. The van der Waals surface area contributed by atoms with Gasteiger partial charge in [0.25, 0.3) is 0 Å². The molecule has 0 saturated carbocycles. The Morgan fingerprint density at radius 3 is 2.95 bits per heavy atom. The van der Waals surface area contributed by atoms with Crippen LogP contribution >= 0.6 is 7.82 Å². The van der Waals surface area contributed by atoms with E-state index in [1.807, 2.05) is 0 Å². The third kappa shape index (κ3) is 3.85. The van der Waals surface area contributed by atoms with Crippen LogP contribution in [0.15, 0.2) is 17.1 Å². The number of nitrogens with zero attached hydrogens (tertiary/aromatic N) is 2. The molecule has 2 atom stereocenters. The second-order valence-corrected chi connectivity index (χ2v) is 5.36. The van der Waals surface area contributed by atoms with Gasteiger partial charge in [-0.1, -0.05) is 0 Å². The molecule has 0 amide bonds. The van der Waals surface area contributed by atoms with E-state index in [9.17, 15) is 9.36 Å². The smallest absolute Gasteiger partial charge is 0.383 e. The lowest BCUT2D eigenvalue weighted by molar-refractivity contribution is -0.0242. The van der Waals surface area contributed by atoms with Crippen LogP contribution in [-0.2, 0) is 13.8 Å². The SMILES string of the molecule is Nc1ccn(C2CC[C@@H](COP(=O)(O)O)O2)c(=O)n1. The lowest BCUT2D eigenvalue weighted by atomic mass is 10.2. The zero-order chi connectivity index (χ0) is 14.0. The van der Waals surface area contributed by atoms with Gasteiger partial charge < -0.3 is 20.3 Å². The van der Waals surface area contributed by atoms with Crippen molar-refractivity contribution in [3.8, 4) is 0 Å². The summed E-state index contributed by atoms with van der Waals surface area (Å²) in [6, 6.07) is 1.48. The van der Waals surface area contributed by atoms with Gasteiger partial charge in [0.1, 0.15) is 12.0 Å². The predicted octanol–water partition coefficient (Wildman–Crippen LogP) is -0.388. The van der Waals surface area contributed by atoms with E-state index in [2.05, 4.69) is 9.51 Å². The molecule has 0 aliphatic carbocycles. The summed E-state index contributed by atoms with van der Waals surface area (Å²) < 4.78 is 21.7. The zero-order valence-electron chi connectivity index (χ0n) is 9.88. The number of phosphoric ester groups is 1. The molecule has 10 heteroatoms.